The number of aliphatic imine (C=N–C) groups is 1. The third-order valence-corrected chi connectivity index (χ3v) is 6.44. The van der Waals surface area contributed by atoms with Gasteiger partial charge in [0.2, 0.25) is 5.91 Å². The second kappa shape index (κ2) is 9.89. The molecule has 1 amide bonds. The summed E-state index contributed by atoms with van der Waals surface area (Å²) in [6.07, 6.45) is 5.08. The molecule has 160 valence electrons. The monoisotopic (exact) mass is 395 g/mol. The lowest BCUT2D eigenvalue weighted by atomic mass is 9.51. The Labute approximate surface area is 169 Å². The lowest BCUT2D eigenvalue weighted by Crippen LogP contribution is -2.68. The van der Waals surface area contributed by atoms with Gasteiger partial charge in [-0.3, -0.25) is 9.69 Å². The molecule has 2 unspecified atom stereocenters. The minimum Gasteiger partial charge on any atom is -0.379 e. The first kappa shape index (κ1) is 21.3. The third kappa shape index (κ3) is 4.96. The molecule has 2 aliphatic carbocycles. The van der Waals surface area contributed by atoms with Crippen LogP contribution in [0.15, 0.2) is 4.99 Å². The average Bonchev–Trinajstić information content (AvgIpc) is 2.63. The van der Waals surface area contributed by atoms with E-state index in [1.807, 2.05) is 0 Å². The summed E-state index contributed by atoms with van der Waals surface area (Å²) in [7, 11) is 3.53. The molecule has 0 aromatic rings. The molecule has 0 aromatic heterocycles. The van der Waals surface area contributed by atoms with E-state index in [9.17, 15) is 4.79 Å². The standard InChI is InChI=1S/C20H37N5O3/c1-4-28-17-14-16(20(17)6-5-7-20)23-19(22-15-18(26)24(2)3)21-8-9-25-10-12-27-13-11-25/h16-17H,4-15H2,1-3H3,(H2,21,22,23). The minimum atomic E-state index is 0.00781. The summed E-state index contributed by atoms with van der Waals surface area (Å²) in [6, 6.07) is 0.377. The van der Waals surface area contributed by atoms with Crippen molar-refractivity contribution in [2.75, 3.05) is 66.6 Å². The molecule has 1 heterocycles. The zero-order valence-corrected chi connectivity index (χ0v) is 17.7. The Balaban J connectivity index is 1.54. The van der Waals surface area contributed by atoms with Crippen LogP contribution in [0.1, 0.15) is 32.6 Å². The highest BCUT2D eigenvalue weighted by molar-refractivity contribution is 5.85. The molecule has 3 rings (SSSR count). The van der Waals surface area contributed by atoms with Crippen molar-refractivity contribution in [3.05, 3.63) is 0 Å². The van der Waals surface area contributed by atoms with Gasteiger partial charge >= 0.3 is 0 Å². The number of morpholine rings is 1. The molecule has 0 radical (unpaired) electrons. The van der Waals surface area contributed by atoms with E-state index in [-0.39, 0.29) is 17.9 Å². The van der Waals surface area contributed by atoms with Crippen LogP contribution >= 0.6 is 0 Å². The lowest BCUT2D eigenvalue weighted by molar-refractivity contribution is -0.168. The summed E-state index contributed by atoms with van der Waals surface area (Å²) < 4.78 is 11.4. The van der Waals surface area contributed by atoms with E-state index in [0.717, 1.165) is 58.4 Å². The van der Waals surface area contributed by atoms with Gasteiger partial charge in [0.15, 0.2) is 5.96 Å². The molecule has 0 aromatic carbocycles. The zero-order chi connectivity index (χ0) is 20.0. The van der Waals surface area contributed by atoms with Gasteiger partial charge in [-0.2, -0.15) is 0 Å². The molecule has 3 fully saturated rings. The second-order valence-electron chi connectivity index (χ2n) is 8.30. The average molecular weight is 396 g/mol. The van der Waals surface area contributed by atoms with E-state index in [0.29, 0.717) is 12.1 Å². The molecule has 2 N–H and O–H groups in total. The molecule has 1 spiro atoms. The van der Waals surface area contributed by atoms with Gasteiger partial charge in [-0.25, -0.2) is 4.99 Å². The summed E-state index contributed by atoms with van der Waals surface area (Å²) in [5, 5.41) is 7.05. The number of amides is 1. The van der Waals surface area contributed by atoms with E-state index >= 15 is 0 Å². The molecule has 8 nitrogen and oxygen atoms in total. The Morgan fingerprint density at radius 3 is 2.68 bits per heavy atom. The number of rotatable bonds is 8. The van der Waals surface area contributed by atoms with Crippen molar-refractivity contribution >= 4 is 11.9 Å². The van der Waals surface area contributed by atoms with Crippen molar-refractivity contribution in [1.82, 2.24) is 20.4 Å². The summed E-state index contributed by atoms with van der Waals surface area (Å²) in [4.78, 5) is 20.5. The third-order valence-electron chi connectivity index (χ3n) is 6.44. The van der Waals surface area contributed by atoms with Crippen molar-refractivity contribution < 1.29 is 14.3 Å². The normalized spacial score (nSPS) is 27.0. The fourth-order valence-electron chi connectivity index (χ4n) is 4.40. The molecule has 8 heteroatoms. The number of likely N-dealkylation sites (N-methyl/N-ethyl adjacent to an activating group) is 1. The molecule has 3 aliphatic rings. The van der Waals surface area contributed by atoms with Crippen LogP contribution < -0.4 is 10.6 Å². The van der Waals surface area contributed by atoms with Crippen LogP contribution in [0.3, 0.4) is 0 Å². The second-order valence-corrected chi connectivity index (χ2v) is 8.30. The first-order valence-electron chi connectivity index (χ1n) is 10.7. The predicted octanol–water partition coefficient (Wildman–Crippen LogP) is 0.290. The Bertz CT molecular complexity index is 544. The number of nitrogens with one attached hydrogen (secondary N) is 2. The van der Waals surface area contributed by atoms with Gasteiger partial charge in [-0.1, -0.05) is 6.42 Å². The number of nitrogens with zero attached hydrogens (tertiary/aromatic N) is 3. The van der Waals surface area contributed by atoms with E-state index in [4.69, 9.17) is 9.47 Å². The number of hydrogen-bond donors (Lipinski definition) is 2. The fourth-order valence-corrected chi connectivity index (χ4v) is 4.40. The van der Waals surface area contributed by atoms with Gasteiger partial charge in [-0.05, 0) is 26.2 Å². The number of carbonyl (C=O) groups is 1. The first-order chi connectivity index (χ1) is 13.5. The Kier molecular flexibility index (Phi) is 7.54. The highest BCUT2D eigenvalue weighted by atomic mass is 16.5. The summed E-state index contributed by atoms with van der Waals surface area (Å²) in [5.41, 5.74) is 0.258. The van der Waals surface area contributed by atoms with Crippen molar-refractivity contribution in [1.29, 1.82) is 0 Å². The Hall–Kier alpha value is -1.38. The minimum absolute atomic E-state index is 0.00781. The van der Waals surface area contributed by atoms with Gasteiger partial charge in [0.1, 0.15) is 6.54 Å². The quantitative estimate of drug-likeness (QED) is 0.454. The van der Waals surface area contributed by atoms with E-state index in [2.05, 4.69) is 27.4 Å². The maximum atomic E-state index is 12.0. The number of hydrogen-bond acceptors (Lipinski definition) is 5. The lowest BCUT2D eigenvalue weighted by Gasteiger charge is -2.61. The van der Waals surface area contributed by atoms with Crippen molar-refractivity contribution in [2.45, 2.75) is 44.8 Å². The largest absolute Gasteiger partial charge is 0.379 e. The highest BCUT2D eigenvalue weighted by Gasteiger charge is 2.59. The van der Waals surface area contributed by atoms with E-state index < -0.39 is 0 Å². The van der Waals surface area contributed by atoms with Crippen LogP contribution in [0.2, 0.25) is 0 Å². The topological polar surface area (TPSA) is 78.4 Å². The van der Waals surface area contributed by atoms with Crippen LogP contribution in [-0.4, -0.2) is 100 Å². The van der Waals surface area contributed by atoms with Gasteiger partial charge in [0, 0.05) is 58.3 Å². The molecular weight excluding hydrogens is 358 g/mol. The maximum Gasteiger partial charge on any atom is 0.243 e. The van der Waals surface area contributed by atoms with E-state index in [1.54, 1.807) is 19.0 Å². The maximum absolute atomic E-state index is 12.0. The zero-order valence-electron chi connectivity index (χ0n) is 17.7. The van der Waals surface area contributed by atoms with Gasteiger partial charge < -0.3 is 25.0 Å². The van der Waals surface area contributed by atoms with Crippen LogP contribution in [0.5, 0.6) is 0 Å². The van der Waals surface area contributed by atoms with E-state index in [1.165, 1.54) is 19.3 Å². The molecule has 28 heavy (non-hydrogen) atoms. The fraction of sp³-hybridized carbons (Fsp3) is 0.900. The molecular formula is C20H37N5O3. The van der Waals surface area contributed by atoms with Gasteiger partial charge in [0.25, 0.3) is 0 Å². The number of guanidine groups is 1. The van der Waals surface area contributed by atoms with Crippen molar-refractivity contribution in [3.8, 4) is 0 Å². The SMILES string of the molecule is CCOC1CC(NC(=NCC(=O)N(C)C)NCCN2CCOCC2)C12CCC2. The van der Waals surface area contributed by atoms with Crippen LogP contribution in [0.25, 0.3) is 0 Å². The number of ether oxygens (including phenoxy) is 2. The van der Waals surface area contributed by atoms with Gasteiger partial charge in [0.05, 0.1) is 19.3 Å². The van der Waals surface area contributed by atoms with Crippen molar-refractivity contribution in [2.24, 2.45) is 10.4 Å². The number of carbonyl (C=O) groups excluding carboxylic acids is 1. The molecule has 2 saturated carbocycles. The molecule has 1 saturated heterocycles. The van der Waals surface area contributed by atoms with Gasteiger partial charge in [-0.15, -0.1) is 0 Å². The first-order valence-corrected chi connectivity index (χ1v) is 10.7. The molecule has 0 bridgehead atoms. The van der Waals surface area contributed by atoms with Crippen LogP contribution in [0, 0.1) is 5.41 Å². The summed E-state index contributed by atoms with van der Waals surface area (Å²) in [6.45, 7) is 8.31. The predicted molar refractivity (Wildman–Crippen MR) is 109 cm³/mol. The summed E-state index contributed by atoms with van der Waals surface area (Å²) in [5.74, 6) is 0.753. The van der Waals surface area contributed by atoms with Crippen LogP contribution in [0.4, 0.5) is 0 Å². The van der Waals surface area contributed by atoms with Crippen molar-refractivity contribution in [3.63, 3.8) is 0 Å². The molecule has 1 aliphatic heterocycles. The Morgan fingerprint density at radius 1 is 1.32 bits per heavy atom. The summed E-state index contributed by atoms with van der Waals surface area (Å²) >= 11 is 0. The molecule has 2 atom stereocenters. The Morgan fingerprint density at radius 2 is 2.07 bits per heavy atom. The highest BCUT2D eigenvalue weighted by Crippen LogP contribution is 2.57. The smallest absolute Gasteiger partial charge is 0.243 e. The van der Waals surface area contributed by atoms with Crippen LogP contribution in [-0.2, 0) is 14.3 Å².